The standard InChI is InChI=1S/C11H16N6O/c1-7(2)9(16-6-12)17-11-14-4-8(5-15-11)10(18)13-3/h4-7H,1-3H3,(H,13,18)(H2,12,14,15,16,17). The van der Waals surface area contributed by atoms with Crippen LogP contribution in [0.3, 0.4) is 0 Å². The van der Waals surface area contributed by atoms with Gasteiger partial charge in [0.15, 0.2) is 0 Å². The molecule has 18 heavy (non-hydrogen) atoms. The number of carbonyl (C=O) groups excluding carboxylic acids is 1. The van der Waals surface area contributed by atoms with Crippen molar-refractivity contribution in [3.8, 4) is 0 Å². The van der Waals surface area contributed by atoms with Gasteiger partial charge in [-0.25, -0.2) is 15.0 Å². The van der Waals surface area contributed by atoms with E-state index in [4.69, 9.17) is 5.73 Å². The van der Waals surface area contributed by atoms with Gasteiger partial charge in [0.05, 0.1) is 11.9 Å². The minimum atomic E-state index is -0.241. The monoisotopic (exact) mass is 248 g/mol. The third-order valence-electron chi connectivity index (χ3n) is 2.07. The summed E-state index contributed by atoms with van der Waals surface area (Å²) >= 11 is 0. The van der Waals surface area contributed by atoms with Crippen LogP contribution in [-0.4, -0.2) is 35.1 Å². The molecule has 1 amide bonds. The number of aliphatic imine (C=N–C) groups is 2. The van der Waals surface area contributed by atoms with Gasteiger partial charge < -0.3 is 11.1 Å². The van der Waals surface area contributed by atoms with E-state index in [1.54, 1.807) is 7.05 Å². The number of rotatable bonds is 3. The Kier molecular flexibility index (Phi) is 4.91. The Hall–Kier alpha value is -2.31. The molecule has 1 aromatic heterocycles. The summed E-state index contributed by atoms with van der Waals surface area (Å²) in [7, 11) is 1.54. The zero-order valence-electron chi connectivity index (χ0n) is 10.6. The fourth-order valence-electron chi connectivity index (χ4n) is 1.13. The fourth-order valence-corrected chi connectivity index (χ4v) is 1.13. The highest BCUT2D eigenvalue weighted by molar-refractivity contribution is 5.93. The Balaban J connectivity index is 2.97. The number of hydrogen-bond donors (Lipinski definition) is 2. The molecule has 1 heterocycles. The molecule has 0 bridgehead atoms. The first kappa shape index (κ1) is 13.8. The molecule has 0 fully saturated rings. The maximum Gasteiger partial charge on any atom is 0.254 e. The van der Waals surface area contributed by atoms with Gasteiger partial charge in [-0.15, -0.1) is 0 Å². The van der Waals surface area contributed by atoms with Crippen molar-refractivity contribution in [1.82, 2.24) is 15.3 Å². The second-order valence-electron chi connectivity index (χ2n) is 3.75. The van der Waals surface area contributed by atoms with Crippen LogP contribution in [-0.2, 0) is 0 Å². The highest BCUT2D eigenvalue weighted by atomic mass is 16.1. The molecule has 0 unspecified atom stereocenters. The number of hydrogen-bond acceptors (Lipinski definition) is 4. The number of amidine groups is 1. The van der Waals surface area contributed by atoms with Gasteiger partial charge >= 0.3 is 0 Å². The molecular formula is C11H16N6O. The zero-order valence-corrected chi connectivity index (χ0v) is 10.6. The van der Waals surface area contributed by atoms with Crippen molar-refractivity contribution >= 4 is 24.0 Å². The van der Waals surface area contributed by atoms with Crippen molar-refractivity contribution in [2.75, 3.05) is 7.05 Å². The fraction of sp³-hybridized carbons (Fsp3) is 0.364. The second kappa shape index (κ2) is 6.43. The van der Waals surface area contributed by atoms with E-state index in [1.165, 1.54) is 18.7 Å². The number of amides is 1. The Labute approximate surface area is 105 Å². The second-order valence-corrected chi connectivity index (χ2v) is 3.75. The van der Waals surface area contributed by atoms with E-state index >= 15 is 0 Å². The maximum atomic E-state index is 11.3. The summed E-state index contributed by atoms with van der Waals surface area (Å²) in [5, 5.41) is 2.49. The molecule has 7 nitrogen and oxygen atoms in total. The number of carbonyl (C=O) groups is 1. The lowest BCUT2D eigenvalue weighted by molar-refractivity contribution is 0.0962. The van der Waals surface area contributed by atoms with Crippen molar-refractivity contribution in [2.45, 2.75) is 13.8 Å². The Morgan fingerprint density at radius 1 is 1.44 bits per heavy atom. The van der Waals surface area contributed by atoms with Crippen LogP contribution in [0.25, 0.3) is 0 Å². The van der Waals surface area contributed by atoms with Crippen LogP contribution >= 0.6 is 0 Å². The van der Waals surface area contributed by atoms with E-state index < -0.39 is 0 Å². The molecule has 1 aromatic rings. The lowest BCUT2D eigenvalue weighted by atomic mass is 10.2. The molecule has 0 aliphatic heterocycles. The molecule has 0 saturated heterocycles. The SMILES string of the molecule is CNC(=O)c1cnc(/N=C(/N=CN)C(C)C)nc1. The Morgan fingerprint density at radius 2 is 2.06 bits per heavy atom. The predicted molar refractivity (Wildman–Crippen MR) is 70.0 cm³/mol. The Morgan fingerprint density at radius 3 is 2.50 bits per heavy atom. The van der Waals surface area contributed by atoms with Gasteiger partial charge in [-0.3, -0.25) is 4.79 Å². The molecule has 0 saturated carbocycles. The average molecular weight is 248 g/mol. The molecular weight excluding hydrogens is 232 g/mol. The zero-order chi connectivity index (χ0) is 13.5. The molecule has 96 valence electrons. The first-order valence-electron chi connectivity index (χ1n) is 5.45. The minimum absolute atomic E-state index is 0.104. The van der Waals surface area contributed by atoms with Gasteiger partial charge in [0, 0.05) is 25.4 Å². The quantitative estimate of drug-likeness (QED) is 0.600. The summed E-state index contributed by atoms with van der Waals surface area (Å²) in [4.78, 5) is 27.3. The molecule has 7 heteroatoms. The summed E-state index contributed by atoms with van der Waals surface area (Å²) < 4.78 is 0. The lowest BCUT2D eigenvalue weighted by Gasteiger charge is -2.03. The highest BCUT2D eigenvalue weighted by Gasteiger charge is 2.06. The summed E-state index contributed by atoms with van der Waals surface area (Å²) in [6, 6.07) is 0. The number of aromatic nitrogens is 2. The number of nitrogens with one attached hydrogen (secondary N) is 1. The molecule has 3 N–H and O–H groups in total. The molecule has 0 spiro atoms. The van der Waals surface area contributed by atoms with E-state index in [-0.39, 0.29) is 17.8 Å². The van der Waals surface area contributed by atoms with Gasteiger partial charge in [0.2, 0.25) is 0 Å². The first-order valence-corrected chi connectivity index (χ1v) is 5.45. The molecule has 0 radical (unpaired) electrons. The van der Waals surface area contributed by atoms with Gasteiger partial charge in [0.1, 0.15) is 5.84 Å². The largest absolute Gasteiger partial charge is 0.390 e. The van der Waals surface area contributed by atoms with Gasteiger partial charge in [-0.1, -0.05) is 13.8 Å². The summed E-state index contributed by atoms with van der Waals surface area (Å²) in [6.45, 7) is 3.87. The summed E-state index contributed by atoms with van der Waals surface area (Å²) in [5.41, 5.74) is 5.62. The van der Waals surface area contributed by atoms with Crippen molar-refractivity contribution in [2.24, 2.45) is 21.6 Å². The van der Waals surface area contributed by atoms with Gasteiger partial charge in [-0.05, 0) is 0 Å². The van der Waals surface area contributed by atoms with E-state index in [2.05, 4.69) is 25.3 Å². The van der Waals surface area contributed by atoms with Crippen molar-refractivity contribution in [1.29, 1.82) is 0 Å². The highest BCUT2D eigenvalue weighted by Crippen LogP contribution is 2.08. The smallest absolute Gasteiger partial charge is 0.254 e. The summed E-state index contributed by atoms with van der Waals surface area (Å²) in [6.07, 6.45) is 4.00. The third kappa shape index (κ3) is 3.62. The predicted octanol–water partition coefficient (Wildman–Crippen LogP) is 0.509. The van der Waals surface area contributed by atoms with Crippen LogP contribution in [0, 0.1) is 5.92 Å². The topological polar surface area (TPSA) is 106 Å². The number of nitrogens with zero attached hydrogens (tertiary/aromatic N) is 4. The van der Waals surface area contributed by atoms with E-state index in [9.17, 15) is 4.79 Å². The average Bonchev–Trinajstić information content (AvgIpc) is 2.38. The van der Waals surface area contributed by atoms with Crippen LogP contribution in [0.1, 0.15) is 24.2 Å². The molecule has 0 aliphatic carbocycles. The lowest BCUT2D eigenvalue weighted by Crippen LogP contribution is -2.18. The normalized spacial score (nSPS) is 12.1. The van der Waals surface area contributed by atoms with E-state index in [0.717, 1.165) is 0 Å². The van der Waals surface area contributed by atoms with Gasteiger partial charge in [0.25, 0.3) is 11.9 Å². The number of nitrogens with two attached hydrogens (primary N) is 1. The Bertz CT molecular complexity index is 463. The molecule has 1 rings (SSSR count). The van der Waals surface area contributed by atoms with E-state index in [1.807, 2.05) is 13.8 Å². The van der Waals surface area contributed by atoms with Gasteiger partial charge in [-0.2, -0.15) is 4.99 Å². The van der Waals surface area contributed by atoms with Crippen LogP contribution in [0.15, 0.2) is 22.4 Å². The van der Waals surface area contributed by atoms with Crippen LogP contribution in [0.5, 0.6) is 0 Å². The first-order chi connectivity index (χ1) is 8.58. The summed E-state index contributed by atoms with van der Waals surface area (Å²) in [5.74, 6) is 0.642. The van der Waals surface area contributed by atoms with Crippen LogP contribution in [0.2, 0.25) is 0 Å². The van der Waals surface area contributed by atoms with Crippen LogP contribution < -0.4 is 11.1 Å². The van der Waals surface area contributed by atoms with E-state index in [0.29, 0.717) is 11.4 Å². The van der Waals surface area contributed by atoms with Crippen molar-refractivity contribution in [3.63, 3.8) is 0 Å². The molecule has 0 aromatic carbocycles. The molecule has 0 aliphatic rings. The minimum Gasteiger partial charge on any atom is -0.390 e. The van der Waals surface area contributed by atoms with Crippen molar-refractivity contribution < 1.29 is 4.79 Å². The van der Waals surface area contributed by atoms with Crippen LogP contribution in [0.4, 0.5) is 5.95 Å². The molecule has 0 atom stereocenters. The van der Waals surface area contributed by atoms with Crippen molar-refractivity contribution in [3.05, 3.63) is 18.0 Å². The maximum absolute atomic E-state index is 11.3. The third-order valence-corrected chi connectivity index (χ3v) is 2.07.